The van der Waals surface area contributed by atoms with Crippen molar-refractivity contribution in [3.63, 3.8) is 0 Å². The normalized spacial score (nSPS) is 21.3. The van der Waals surface area contributed by atoms with Gasteiger partial charge in [-0.15, -0.1) is 0 Å². The van der Waals surface area contributed by atoms with E-state index in [2.05, 4.69) is 44.2 Å². The van der Waals surface area contributed by atoms with Crippen LogP contribution >= 0.6 is 0 Å². The van der Waals surface area contributed by atoms with Gasteiger partial charge in [0.2, 0.25) is 0 Å². The Hall–Kier alpha value is -1.80. The van der Waals surface area contributed by atoms with Crippen molar-refractivity contribution < 1.29 is 9.84 Å². The maximum Gasteiger partial charge on any atom is 0.115 e. The number of aryl methyl sites for hydroxylation is 2. The van der Waals surface area contributed by atoms with Crippen LogP contribution in [0, 0.1) is 13.8 Å². The highest BCUT2D eigenvalue weighted by Crippen LogP contribution is 2.34. The van der Waals surface area contributed by atoms with Gasteiger partial charge >= 0.3 is 0 Å². The maximum atomic E-state index is 9.39. The molecule has 0 unspecified atom stereocenters. The van der Waals surface area contributed by atoms with Crippen LogP contribution in [-0.4, -0.2) is 11.2 Å². The zero-order chi connectivity index (χ0) is 16.2. The maximum absolute atomic E-state index is 9.39. The Morgan fingerprint density at radius 2 is 1.52 bits per heavy atom. The first-order chi connectivity index (χ1) is 11.1. The predicted octanol–water partition coefficient (Wildman–Crippen LogP) is 5.25. The van der Waals surface area contributed by atoms with E-state index < -0.39 is 0 Å². The molecule has 0 aliphatic heterocycles. The molecule has 3 rings (SSSR count). The van der Waals surface area contributed by atoms with Crippen molar-refractivity contribution in [1.29, 1.82) is 0 Å². The summed E-state index contributed by atoms with van der Waals surface area (Å²) >= 11 is 0. The number of ether oxygens (including phenoxy) is 1. The molecule has 0 saturated heterocycles. The molecule has 1 fully saturated rings. The summed E-state index contributed by atoms with van der Waals surface area (Å²) in [5.41, 5.74) is 5.23. The summed E-state index contributed by atoms with van der Waals surface area (Å²) in [6.07, 6.45) is 4.96. The van der Waals surface area contributed by atoms with Crippen molar-refractivity contribution in [2.24, 2.45) is 0 Å². The molecule has 23 heavy (non-hydrogen) atoms. The summed E-state index contributed by atoms with van der Waals surface area (Å²) in [6, 6.07) is 14.3. The molecule has 0 amide bonds. The summed E-state index contributed by atoms with van der Waals surface area (Å²) in [6.45, 7) is 5.00. The van der Waals surface area contributed by atoms with Crippen LogP contribution in [-0.2, 0) is 11.3 Å². The van der Waals surface area contributed by atoms with Gasteiger partial charge in [-0.3, -0.25) is 0 Å². The van der Waals surface area contributed by atoms with Crippen LogP contribution in [0.15, 0.2) is 42.5 Å². The number of hydrogen-bond acceptors (Lipinski definition) is 2. The molecule has 1 saturated carbocycles. The second-order valence-electron chi connectivity index (χ2n) is 6.87. The third-order valence-corrected chi connectivity index (χ3v) is 4.81. The highest BCUT2D eigenvalue weighted by molar-refractivity contribution is 5.29. The van der Waals surface area contributed by atoms with Gasteiger partial charge in [-0.1, -0.05) is 41.5 Å². The molecule has 1 aliphatic rings. The minimum atomic E-state index is 0.346. The lowest BCUT2D eigenvalue weighted by Crippen LogP contribution is -2.20. The highest BCUT2D eigenvalue weighted by atomic mass is 16.5. The lowest BCUT2D eigenvalue weighted by Gasteiger charge is -2.29. The zero-order valence-electron chi connectivity index (χ0n) is 14.1. The Bertz CT molecular complexity index is 617. The summed E-state index contributed by atoms with van der Waals surface area (Å²) in [5, 5.41) is 9.39. The van der Waals surface area contributed by atoms with Crippen molar-refractivity contribution >= 4 is 0 Å². The average molecular weight is 310 g/mol. The third-order valence-electron chi connectivity index (χ3n) is 4.81. The molecule has 1 aliphatic carbocycles. The number of aromatic hydroxyl groups is 1. The van der Waals surface area contributed by atoms with Gasteiger partial charge in [0, 0.05) is 0 Å². The van der Waals surface area contributed by atoms with Gasteiger partial charge in [-0.25, -0.2) is 0 Å². The van der Waals surface area contributed by atoms with Gasteiger partial charge in [-0.05, 0) is 68.7 Å². The largest absolute Gasteiger partial charge is 0.508 e. The fourth-order valence-corrected chi connectivity index (χ4v) is 3.68. The SMILES string of the molecule is Cc1cc(C)cc(COC2CCC(c3ccc(O)cc3)CC2)c1. The van der Waals surface area contributed by atoms with E-state index in [4.69, 9.17) is 4.74 Å². The van der Waals surface area contributed by atoms with Crippen molar-refractivity contribution in [3.8, 4) is 5.75 Å². The van der Waals surface area contributed by atoms with Gasteiger partial charge in [0.1, 0.15) is 5.75 Å². The minimum absolute atomic E-state index is 0.346. The van der Waals surface area contributed by atoms with E-state index in [1.54, 1.807) is 12.1 Å². The van der Waals surface area contributed by atoms with E-state index in [-0.39, 0.29) is 0 Å². The molecular weight excluding hydrogens is 284 g/mol. The van der Waals surface area contributed by atoms with E-state index in [0.717, 1.165) is 19.4 Å². The van der Waals surface area contributed by atoms with Crippen LogP contribution in [0.25, 0.3) is 0 Å². The van der Waals surface area contributed by atoms with Crippen molar-refractivity contribution in [2.75, 3.05) is 0 Å². The molecular formula is C21H26O2. The molecule has 0 aromatic heterocycles. The van der Waals surface area contributed by atoms with Crippen LogP contribution < -0.4 is 0 Å². The molecule has 2 heteroatoms. The fraction of sp³-hybridized carbons (Fsp3) is 0.429. The van der Waals surface area contributed by atoms with Crippen LogP contribution in [0.1, 0.15) is 53.9 Å². The fourth-order valence-electron chi connectivity index (χ4n) is 3.68. The zero-order valence-corrected chi connectivity index (χ0v) is 14.1. The first kappa shape index (κ1) is 16.1. The Morgan fingerprint density at radius 1 is 0.913 bits per heavy atom. The van der Waals surface area contributed by atoms with Crippen LogP contribution in [0.5, 0.6) is 5.75 Å². The number of phenolic OH excluding ortho intramolecular Hbond substituents is 1. The first-order valence-corrected chi connectivity index (χ1v) is 8.58. The van der Waals surface area contributed by atoms with Gasteiger partial charge in [0.15, 0.2) is 0 Å². The van der Waals surface area contributed by atoms with Crippen molar-refractivity contribution in [2.45, 2.75) is 58.2 Å². The van der Waals surface area contributed by atoms with Crippen molar-refractivity contribution in [1.82, 2.24) is 0 Å². The molecule has 0 bridgehead atoms. The number of hydrogen-bond donors (Lipinski definition) is 1. The van der Waals surface area contributed by atoms with Gasteiger partial charge in [-0.2, -0.15) is 0 Å². The standard InChI is InChI=1S/C21H26O2/c1-15-11-16(2)13-17(12-15)14-23-21-9-5-19(6-10-21)18-3-7-20(22)8-4-18/h3-4,7-8,11-13,19,21-22H,5-6,9-10,14H2,1-2H3. The molecule has 0 atom stereocenters. The monoisotopic (exact) mass is 310 g/mol. The second-order valence-corrected chi connectivity index (χ2v) is 6.87. The molecule has 0 radical (unpaired) electrons. The minimum Gasteiger partial charge on any atom is -0.508 e. The van der Waals surface area contributed by atoms with Gasteiger partial charge in [0.25, 0.3) is 0 Å². The Balaban J connectivity index is 1.50. The molecule has 2 aromatic rings. The van der Waals surface area contributed by atoms with E-state index in [1.807, 2.05) is 0 Å². The Kier molecular flexibility index (Phi) is 5.02. The smallest absolute Gasteiger partial charge is 0.115 e. The summed E-state index contributed by atoms with van der Waals surface area (Å²) in [4.78, 5) is 0. The lowest BCUT2D eigenvalue weighted by atomic mass is 9.83. The Morgan fingerprint density at radius 3 is 2.13 bits per heavy atom. The number of phenols is 1. The molecule has 2 aromatic carbocycles. The van der Waals surface area contributed by atoms with Crippen LogP contribution in [0.4, 0.5) is 0 Å². The summed E-state index contributed by atoms with van der Waals surface area (Å²) in [5.74, 6) is 0.955. The third kappa shape index (κ3) is 4.35. The molecule has 122 valence electrons. The van der Waals surface area contributed by atoms with Crippen molar-refractivity contribution in [3.05, 3.63) is 64.7 Å². The second kappa shape index (κ2) is 7.18. The summed E-state index contributed by atoms with van der Waals surface area (Å²) < 4.78 is 6.14. The first-order valence-electron chi connectivity index (χ1n) is 8.58. The van der Waals surface area contributed by atoms with E-state index in [0.29, 0.717) is 17.8 Å². The molecule has 1 N–H and O–H groups in total. The van der Waals surface area contributed by atoms with E-state index in [1.165, 1.54) is 35.1 Å². The predicted molar refractivity (Wildman–Crippen MR) is 93.8 cm³/mol. The van der Waals surface area contributed by atoms with E-state index >= 15 is 0 Å². The van der Waals surface area contributed by atoms with Crippen LogP contribution in [0.3, 0.4) is 0 Å². The molecule has 0 heterocycles. The van der Waals surface area contributed by atoms with E-state index in [9.17, 15) is 5.11 Å². The average Bonchev–Trinajstić information content (AvgIpc) is 2.53. The highest BCUT2D eigenvalue weighted by Gasteiger charge is 2.22. The quantitative estimate of drug-likeness (QED) is 0.835. The van der Waals surface area contributed by atoms with Gasteiger partial charge < -0.3 is 9.84 Å². The molecule has 2 nitrogen and oxygen atoms in total. The number of benzene rings is 2. The van der Waals surface area contributed by atoms with Gasteiger partial charge in [0.05, 0.1) is 12.7 Å². The summed E-state index contributed by atoms with van der Waals surface area (Å²) in [7, 11) is 0. The number of rotatable bonds is 4. The lowest BCUT2D eigenvalue weighted by molar-refractivity contribution is 0.0133. The topological polar surface area (TPSA) is 29.5 Å². The Labute approximate surface area is 139 Å². The molecule has 0 spiro atoms. The van der Waals surface area contributed by atoms with Crippen LogP contribution in [0.2, 0.25) is 0 Å².